The van der Waals surface area contributed by atoms with Crippen molar-refractivity contribution in [2.24, 2.45) is 10.9 Å². The van der Waals surface area contributed by atoms with Gasteiger partial charge in [0.05, 0.1) is 23.1 Å². The average molecular weight is 380 g/mol. The Kier molecular flexibility index (Phi) is 3.33. The van der Waals surface area contributed by atoms with E-state index in [9.17, 15) is 9.59 Å². The van der Waals surface area contributed by atoms with E-state index < -0.39 is 17.7 Å². The van der Waals surface area contributed by atoms with Crippen LogP contribution in [0.15, 0.2) is 57.1 Å². The lowest BCUT2D eigenvalue weighted by Crippen LogP contribution is -2.58. The Hall–Kier alpha value is -2.93. The molecule has 136 valence electrons. The molecule has 3 atom stereocenters. The number of benzene rings is 1. The molecule has 5 rings (SSSR count). The number of aromatic nitrogens is 1. The van der Waals surface area contributed by atoms with Crippen LogP contribution in [-0.2, 0) is 4.79 Å². The smallest absolute Gasteiger partial charge is 0.270 e. The maximum Gasteiger partial charge on any atom is 0.270 e. The van der Waals surface area contributed by atoms with Crippen LogP contribution >= 0.6 is 11.3 Å². The molecule has 0 N–H and O–H groups in total. The number of ketones is 1. The highest BCUT2D eigenvalue weighted by atomic mass is 32.1. The Bertz CT molecular complexity index is 1240. The number of hydrogen-bond acceptors (Lipinski definition) is 6. The molecule has 0 aliphatic carbocycles. The highest BCUT2D eigenvalue weighted by molar-refractivity contribution is 7.07. The van der Waals surface area contributed by atoms with Gasteiger partial charge in [-0.3, -0.25) is 14.2 Å². The summed E-state index contributed by atoms with van der Waals surface area (Å²) in [6.07, 6.45) is 4.92. The van der Waals surface area contributed by atoms with Gasteiger partial charge in [0.25, 0.3) is 5.56 Å². The first kappa shape index (κ1) is 16.3. The molecule has 3 aromatic rings. The monoisotopic (exact) mass is 380 g/mol. The maximum absolute atomic E-state index is 13.2. The summed E-state index contributed by atoms with van der Waals surface area (Å²) in [6, 6.07) is 8.89. The van der Waals surface area contributed by atoms with Crippen LogP contribution in [0.1, 0.15) is 31.0 Å². The Labute approximate surface area is 158 Å². The number of nitrogens with zero attached hydrogens (tertiary/aromatic N) is 2. The number of carbonyl (C=O) groups is 1. The van der Waals surface area contributed by atoms with E-state index in [-0.39, 0.29) is 11.3 Å². The summed E-state index contributed by atoms with van der Waals surface area (Å²) in [5.74, 6) is 0.0502. The summed E-state index contributed by atoms with van der Waals surface area (Å²) in [6.45, 7) is 3.35. The van der Waals surface area contributed by atoms with E-state index >= 15 is 0 Å². The molecule has 0 saturated heterocycles. The zero-order valence-electron chi connectivity index (χ0n) is 14.7. The normalized spacial score (nSPS) is 25.9. The van der Waals surface area contributed by atoms with Gasteiger partial charge >= 0.3 is 0 Å². The first-order valence-corrected chi connectivity index (χ1v) is 9.43. The third-order valence-corrected chi connectivity index (χ3v) is 6.14. The van der Waals surface area contributed by atoms with Crippen LogP contribution in [0.25, 0.3) is 6.08 Å². The van der Waals surface area contributed by atoms with E-state index in [0.717, 1.165) is 11.1 Å². The van der Waals surface area contributed by atoms with Crippen molar-refractivity contribution in [3.8, 4) is 5.75 Å². The lowest BCUT2D eigenvalue weighted by molar-refractivity contribution is -0.132. The summed E-state index contributed by atoms with van der Waals surface area (Å²) >= 11 is 1.30. The standard InChI is InChI=1S/C20H16N2O4S/c1-11(23)16-17-13-5-3-4-6-14(13)26-20(16,2)21-19-22(17)18(24)15(27-19)9-12-7-8-25-10-12/h3-10,16-17H,1-2H3. The third kappa shape index (κ3) is 2.28. The second-order valence-corrected chi connectivity index (χ2v) is 7.97. The maximum atomic E-state index is 13.2. The Morgan fingerprint density at radius 1 is 1.33 bits per heavy atom. The van der Waals surface area contributed by atoms with Gasteiger partial charge in [0.15, 0.2) is 4.80 Å². The van der Waals surface area contributed by atoms with Crippen molar-refractivity contribution in [3.63, 3.8) is 0 Å². The van der Waals surface area contributed by atoms with Crippen molar-refractivity contribution in [1.29, 1.82) is 0 Å². The number of hydrogen-bond donors (Lipinski definition) is 0. The van der Waals surface area contributed by atoms with E-state index in [1.165, 1.54) is 18.3 Å². The van der Waals surface area contributed by atoms with E-state index in [4.69, 9.17) is 14.1 Å². The van der Waals surface area contributed by atoms with Crippen LogP contribution in [0, 0.1) is 5.92 Å². The van der Waals surface area contributed by atoms with Crippen LogP contribution < -0.4 is 19.6 Å². The van der Waals surface area contributed by atoms with Gasteiger partial charge in [-0.25, -0.2) is 4.99 Å². The van der Waals surface area contributed by atoms with Gasteiger partial charge in [-0.1, -0.05) is 29.5 Å². The van der Waals surface area contributed by atoms with Crippen molar-refractivity contribution >= 4 is 23.2 Å². The fraction of sp³-hybridized carbons (Fsp3) is 0.250. The molecule has 0 radical (unpaired) electrons. The van der Waals surface area contributed by atoms with Crippen molar-refractivity contribution in [1.82, 2.24) is 4.57 Å². The van der Waals surface area contributed by atoms with Gasteiger partial charge in [0.1, 0.15) is 17.5 Å². The van der Waals surface area contributed by atoms with Gasteiger partial charge in [-0.2, -0.15) is 0 Å². The quantitative estimate of drug-likeness (QED) is 0.680. The second-order valence-electron chi connectivity index (χ2n) is 6.96. The minimum absolute atomic E-state index is 0.0510. The fourth-order valence-corrected chi connectivity index (χ4v) is 5.16. The van der Waals surface area contributed by atoms with Crippen molar-refractivity contribution in [3.05, 3.63) is 73.7 Å². The van der Waals surface area contributed by atoms with Gasteiger partial charge in [0.2, 0.25) is 5.72 Å². The van der Waals surface area contributed by atoms with Gasteiger partial charge in [0, 0.05) is 11.1 Å². The second kappa shape index (κ2) is 5.53. The number of Topliss-reactive ketones (excluding diaryl/α,β-unsaturated/α-hetero) is 1. The van der Waals surface area contributed by atoms with Crippen molar-refractivity contribution < 1.29 is 13.9 Å². The topological polar surface area (TPSA) is 73.8 Å². The van der Waals surface area contributed by atoms with Crippen LogP contribution in [0.4, 0.5) is 0 Å². The Morgan fingerprint density at radius 2 is 2.15 bits per heavy atom. The van der Waals surface area contributed by atoms with Crippen molar-refractivity contribution in [2.75, 3.05) is 0 Å². The molecule has 6 nitrogen and oxygen atoms in total. The summed E-state index contributed by atoms with van der Waals surface area (Å²) < 4.78 is 13.4. The minimum atomic E-state index is -1.03. The number of thiazole rings is 1. The summed E-state index contributed by atoms with van der Waals surface area (Å²) in [5, 5.41) is 0. The molecule has 7 heteroatoms. The molecule has 0 amide bonds. The molecule has 4 heterocycles. The van der Waals surface area contributed by atoms with Crippen LogP contribution in [0.5, 0.6) is 5.75 Å². The Balaban J connectivity index is 1.85. The fourth-order valence-electron chi connectivity index (χ4n) is 4.06. The predicted molar refractivity (Wildman–Crippen MR) is 99.4 cm³/mol. The summed E-state index contributed by atoms with van der Waals surface area (Å²) in [4.78, 5) is 31.0. The lowest BCUT2D eigenvalue weighted by Gasteiger charge is -2.45. The van der Waals surface area contributed by atoms with Crippen LogP contribution in [0.2, 0.25) is 0 Å². The molecule has 2 aliphatic heterocycles. The number of furan rings is 1. The highest BCUT2D eigenvalue weighted by Crippen LogP contribution is 2.47. The molecule has 2 aliphatic rings. The SMILES string of the molecule is CC(=O)C1C2c3ccccc3OC1(C)N=c1sc(=Cc3ccoc3)c(=O)n12. The molecule has 27 heavy (non-hydrogen) atoms. The minimum Gasteiger partial charge on any atom is -0.472 e. The molecule has 2 bridgehead atoms. The first-order valence-electron chi connectivity index (χ1n) is 8.61. The van der Waals surface area contributed by atoms with E-state index in [0.29, 0.717) is 15.1 Å². The summed E-state index contributed by atoms with van der Waals surface area (Å²) in [7, 11) is 0. The molecule has 0 fully saturated rings. The zero-order valence-corrected chi connectivity index (χ0v) is 15.5. The number of para-hydroxylation sites is 1. The number of carbonyl (C=O) groups excluding carboxylic acids is 1. The van der Waals surface area contributed by atoms with Gasteiger partial charge < -0.3 is 9.15 Å². The molecule has 3 unspecified atom stereocenters. The Morgan fingerprint density at radius 3 is 2.89 bits per heavy atom. The molecular formula is C20H16N2O4S. The number of fused-ring (bicyclic) bond motifs is 6. The zero-order chi connectivity index (χ0) is 18.8. The molecular weight excluding hydrogens is 364 g/mol. The van der Waals surface area contributed by atoms with E-state index in [1.54, 1.807) is 29.2 Å². The predicted octanol–water partition coefficient (Wildman–Crippen LogP) is 1.87. The van der Waals surface area contributed by atoms with Crippen molar-refractivity contribution in [2.45, 2.75) is 25.6 Å². The largest absolute Gasteiger partial charge is 0.472 e. The van der Waals surface area contributed by atoms with E-state index in [2.05, 4.69) is 0 Å². The third-order valence-electron chi connectivity index (χ3n) is 5.16. The molecule has 2 aromatic heterocycles. The summed E-state index contributed by atoms with van der Waals surface area (Å²) in [5.41, 5.74) is 0.450. The average Bonchev–Trinajstić information content (AvgIpc) is 3.22. The van der Waals surface area contributed by atoms with Crippen LogP contribution in [0.3, 0.4) is 0 Å². The lowest BCUT2D eigenvalue weighted by atomic mass is 9.79. The van der Waals surface area contributed by atoms with Gasteiger partial charge in [-0.15, -0.1) is 0 Å². The van der Waals surface area contributed by atoms with E-state index in [1.807, 2.05) is 31.2 Å². The number of rotatable bonds is 2. The molecule has 1 aromatic carbocycles. The highest BCUT2D eigenvalue weighted by Gasteiger charge is 2.53. The van der Waals surface area contributed by atoms with Gasteiger partial charge in [-0.05, 0) is 32.1 Å². The molecule has 0 saturated carbocycles. The van der Waals surface area contributed by atoms with Crippen LogP contribution in [-0.4, -0.2) is 16.1 Å². The first-order chi connectivity index (χ1) is 13.0. The number of ether oxygens (including phenoxy) is 1. The molecule has 0 spiro atoms.